The van der Waals surface area contributed by atoms with Crippen molar-refractivity contribution in [2.24, 2.45) is 0 Å². The summed E-state index contributed by atoms with van der Waals surface area (Å²) in [6.45, 7) is -0.108. The highest BCUT2D eigenvalue weighted by molar-refractivity contribution is 5.96. The highest BCUT2D eigenvalue weighted by Crippen LogP contribution is 2.24. The SMILES string of the molecule is O=C(CNC(=O)c1ccccc1)N[C@H](c1ccccc1)c1ccc2nc[nH]c2c1. The Labute approximate surface area is 168 Å². The van der Waals surface area contributed by atoms with Crippen molar-refractivity contribution in [1.29, 1.82) is 0 Å². The predicted octanol–water partition coefficient (Wildman–Crippen LogP) is 3.20. The summed E-state index contributed by atoms with van der Waals surface area (Å²) in [4.78, 5) is 32.1. The highest BCUT2D eigenvalue weighted by Gasteiger charge is 2.18. The molecule has 6 heteroatoms. The summed E-state index contributed by atoms with van der Waals surface area (Å²) in [6, 6.07) is 24.0. The van der Waals surface area contributed by atoms with E-state index in [9.17, 15) is 9.59 Å². The molecule has 2 amide bonds. The molecule has 0 spiro atoms. The molecule has 4 aromatic rings. The van der Waals surface area contributed by atoms with Gasteiger partial charge in [-0.1, -0.05) is 54.6 Å². The minimum Gasteiger partial charge on any atom is -0.345 e. The van der Waals surface area contributed by atoms with Crippen LogP contribution in [0.4, 0.5) is 0 Å². The fraction of sp³-hybridized carbons (Fsp3) is 0.0870. The third kappa shape index (κ3) is 4.32. The van der Waals surface area contributed by atoms with Gasteiger partial charge in [0.25, 0.3) is 5.91 Å². The second-order valence-corrected chi connectivity index (χ2v) is 6.64. The van der Waals surface area contributed by atoms with Crippen LogP contribution < -0.4 is 10.6 Å². The maximum absolute atomic E-state index is 12.6. The molecular formula is C23H20N4O2. The van der Waals surface area contributed by atoms with Crippen molar-refractivity contribution >= 4 is 22.8 Å². The Morgan fingerprint density at radius 3 is 2.38 bits per heavy atom. The number of rotatable bonds is 6. The van der Waals surface area contributed by atoms with Gasteiger partial charge in [-0.15, -0.1) is 0 Å². The third-order valence-corrected chi connectivity index (χ3v) is 4.66. The quantitative estimate of drug-likeness (QED) is 0.477. The molecule has 6 nitrogen and oxygen atoms in total. The van der Waals surface area contributed by atoms with E-state index in [1.54, 1.807) is 30.6 Å². The summed E-state index contributed by atoms with van der Waals surface area (Å²) in [6.07, 6.45) is 1.64. The number of hydrogen-bond donors (Lipinski definition) is 3. The first-order valence-corrected chi connectivity index (χ1v) is 9.31. The smallest absolute Gasteiger partial charge is 0.251 e. The lowest BCUT2D eigenvalue weighted by Gasteiger charge is -2.20. The monoisotopic (exact) mass is 384 g/mol. The number of nitrogens with zero attached hydrogens (tertiary/aromatic N) is 1. The Bertz CT molecular complexity index is 1120. The number of fused-ring (bicyclic) bond motifs is 1. The van der Waals surface area contributed by atoms with Gasteiger partial charge < -0.3 is 15.6 Å². The van der Waals surface area contributed by atoms with Crippen LogP contribution in [0.2, 0.25) is 0 Å². The van der Waals surface area contributed by atoms with Crippen LogP contribution in [0, 0.1) is 0 Å². The first-order chi connectivity index (χ1) is 14.2. The fourth-order valence-corrected chi connectivity index (χ4v) is 3.20. The Balaban J connectivity index is 1.51. The van der Waals surface area contributed by atoms with E-state index in [0.29, 0.717) is 5.56 Å². The molecule has 0 saturated carbocycles. The summed E-state index contributed by atoms with van der Waals surface area (Å²) >= 11 is 0. The number of nitrogens with one attached hydrogen (secondary N) is 3. The third-order valence-electron chi connectivity index (χ3n) is 4.66. The van der Waals surface area contributed by atoms with E-state index < -0.39 is 0 Å². The maximum atomic E-state index is 12.6. The summed E-state index contributed by atoms with van der Waals surface area (Å²) < 4.78 is 0. The molecule has 3 aromatic carbocycles. The van der Waals surface area contributed by atoms with Gasteiger partial charge in [-0.3, -0.25) is 9.59 Å². The first-order valence-electron chi connectivity index (χ1n) is 9.31. The van der Waals surface area contributed by atoms with Crippen LogP contribution in [0.15, 0.2) is 85.2 Å². The van der Waals surface area contributed by atoms with Crippen molar-refractivity contribution in [3.05, 3.63) is 102 Å². The van der Waals surface area contributed by atoms with E-state index in [1.165, 1.54) is 0 Å². The predicted molar refractivity (Wildman–Crippen MR) is 111 cm³/mol. The van der Waals surface area contributed by atoms with E-state index >= 15 is 0 Å². The molecule has 3 N–H and O–H groups in total. The van der Waals surface area contributed by atoms with Crippen LogP contribution in [0.1, 0.15) is 27.5 Å². The van der Waals surface area contributed by atoms with Crippen LogP contribution >= 0.6 is 0 Å². The number of H-pyrrole nitrogens is 1. The second kappa shape index (κ2) is 8.39. The maximum Gasteiger partial charge on any atom is 0.251 e. The van der Waals surface area contributed by atoms with Crippen LogP contribution in [-0.4, -0.2) is 28.3 Å². The van der Waals surface area contributed by atoms with Gasteiger partial charge in [-0.25, -0.2) is 4.98 Å². The van der Waals surface area contributed by atoms with Crippen LogP contribution in [0.3, 0.4) is 0 Å². The van der Waals surface area contributed by atoms with Gasteiger partial charge in [-0.2, -0.15) is 0 Å². The molecule has 1 aromatic heterocycles. The van der Waals surface area contributed by atoms with Crippen LogP contribution in [0.25, 0.3) is 11.0 Å². The Morgan fingerprint density at radius 1 is 0.897 bits per heavy atom. The van der Waals surface area contributed by atoms with E-state index in [4.69, 9.17) is 0 Å². The largest absolute Gasteiger partial charge is 0.345 e. The van der Waals surface area contributed by atoms with Gasteiger partial charge in [0.1, 0.15) is 0 Å². The molecule has 0 saturated heterocycles. The molecular weight excluding hydrogens is 364 g/mol. The van der Waals surface area contributed by atoms with E-state index in [0.717, 1.165) is 22.2 Å². The molecule has 4 rings (SSSR count). The van der Waals surface area contributed by atoms with E-state index in [-0.39, 0.29) is 24.4 Å². The standard InChI is InChI=1S/C23H20N4O2/c28-21(14-24-23(29)17-9-5-2-6-10-17)27-22(16-7-3-1-4-8-16)18-11-12-19-20(13-18)26-15-25-19/h1-13,15,22H,14H2,(H,24,29)(H,25,26)(H,27,28)/t22-/m1/s1. The topological polar surface area (TPSA) is 86.9 Å². The number of carbonyl (C=O) groups excluding carboxylic acids is 2. The summed E-state index contributed by atoms with van der Waals surface area (Å²) in [5.74, 6) is -0.552. The van der Waals surface area contributed by atoms with Gasteiger partial charge >= 0.3 is 0 Å². The van der Waals surface area contributed by atoms with Gasteiger partial charge in [0.05, 0.1) is 29.9 Å². The number of aromatic nitrogens is 2. The molecule has 0 fully saturated rings. The van der Waals surface area contributed by atoms with Crippen molar-refractivity contribution < 1.29 is 9.59 Å². The molecule has 0 bridgehead atoms. The number of amides is 2. The molecule has 144 valence electrons. The van der Waals surface area contributed by atoms with Crippen molar-refractivity contribution in [3.8, 4) is 0 Å². The number of imidazole rings is 1. The highest BCUT2D eigenvalue weighted by atomic mass is 16.2. The Kier molecular flexibility index (Phi) is 5.33. The molecule has 0 aliphatic rings. The van der Waals surface area contributed by atoms with Crippen LogP contribution in [0.5, 0.6) is 0 Å². The second-order valence-electron chi connectivity index (χ2n) is 6.64. The lowest BCUT2D eigenvalue weighted by Crippen LogP contribution is -2.39. The molecule has 1 atom stereocenters. The number of carbonyl (C=O) groups is 2. The molecule has 0 aliphatic carbocycles. The minimum absolute atomic E-state index is 0.108. The number of aromatic amines is 1. The van der Waals surface area contributed by atoms with Gasteiger partial charge in [-0.05, 0) is 35.4 Å². The number of benzene rings is 3. The van der Waals surface area contributed by atoms with Crippen molar-refractivity contribution in [2.75, 3.05) is 6.54 Å². The first kappa shape index (κ1) is 18.4. The van der Waals surface area contributed by atoms with Crippen molar-refractivity contribution in [1.82, 2.24) is 20.6 Å². The Hall–Kier alpha value is -3.93. The lowest BCUT2D eigenvalue weighted by atomic mass is 9.98. The van der Waals surface area contributed by atoms with E-state index in [1.807, 2.05) is 54.6 Å². The zero-order valence-electron chi connectivity index (χ0n) is 15.6. The summed E-state index contributed by atoms with van der Waals surface area (Å²) in [5, 5.41) is 5.69. The average molecular weight is 384 g/mol. The van der Waals surface area contributed by atoms with E-state index in [2.05, 4.69) is 20.6 Å². The minimum atomic E-state index is -0.343. The average Bonchev–Trinajstić information content (AvgIpc) is 3.25. The summed E-state index contributed by atoms with van der Waals surface area (Å²) in [7, 11) is 0. The molecule has 0 radical (unpaired) electrons. The summed E-state index contributed by atoms with van der Waals surface area (Å²) in [5.41, 5.74) is 4.16. The van der Waals surface area contributed by atoms with Gasteiger partial charge in [0.15, 0.2) is 0 Å². The normalized spacial score (nSPS) is 11.7. The van der Waals surface area contributed by atoms with Crippen LogP contribution in [-0.2, 0) is 4.79 Å². The molecule has 29 heavy (non-hydrogen) atoms. The Morgan fingerprint density at radius 2 is 1.62 bits per heavy atom. The zero-order valence-corrected chi connectivity index (χ0v) is 15.6. The van der Waals surface area contributed by atoms with Gasteiger partial charge in [0, 0.05) is 5.56 Å². The fourth-order valence-electron chi connectivity index (χ4n) is 3.20. The van der Waals surface area contributed by atoms with Crippen molar-refractivity contribution in [3.63, 3.8) is 0 Å². The van der Waals surface area contributed by atoms with Crippen molar-refractivity contribution in [2.45, 2.75) is 6.04 Å². The molecule has 0 unspecified atom stereocenters. The zero-order chi connectivity index (χ0) is 20.1. The lowest BCUT2D eigenvalue weighted by molar-refractivity contribution is -0.120. The number of hydrogen-bond acceptors (Lipinski definition) is 3. The van der Waals surface area contributed by atoms with Gasteiger partial charge in [0.2, 0.25) is 5.91 Å². The molecule has 0 aliphatic heterocycles. The molecule has 1 heterocycles.